The molecule has 0 aromatic heterocycles. The summed E-state index contributed by atoms with van der Waals surface area (Å²) in [6, 6.07) is 0. The molecule has 0 aromatic rings. The smallest absolute Gasteiger partial charge is 0.410 e. The van der Waals surface area contributed by atoms with Crippen LogP contribution in [-0.2, 0) is 9.53 Å². The van der Waals surface area contributed by atoms with Crippen LogP contribution in [0.1, 0.15) is 53.9 Å². The van der Waals surface area contributed by atoms with E-state index < -0.39 is 5.60 Å². The number of hydrogen-bond acceptors (Lipinski definition) is 3. The van der Waals surface area contributed by atoms with E-state index in [1.165, 1.54) is 0 Å². The van der Waals surface area contributed by atoms with Gasteiger partial charge in [0.25, 0.3) is 0 Å². The summed E-state index contributed by atoms with van der Waals surface area (Å²) in [4.78, 5) is 25.9. The topological polar surface area (TPSA) is 58.6 Å². The van der Waals surface area contributed by atoms with Crippen molar-refractivity contribution in [1.29, 1.82) is 0 Å². The highest BCUT2D eigenvalue weighted by molar-refractivity contribution is 5.80. The maximum absolute atomic E-state index is 12.2. The van der Waals surface area contributed by atoms with Crippen LogP contribution < -0.4 is 5.32 Å². The van der Waals surface area contributed by atoms with Crippen molar-refractivity contribution in [2.24, 2.45) is 11.8 Å². The zero-order valence-electron chi connectivity index (χ0n) is 14.1. The van der Waals surface area contributed by atoms with Gasteiger partial charge in [-0.1, -0.05) is 20.3 Å². The molecule has 0 spiro atoms. The van der Waals surface area contributed by atoms with Gasteiger partial charge in [0, 0.05) is 19.6 Å². The zero-order chi connectivity index (χ0) is 16.0. The van der Waals surface area contributed by atoms with Crippen LogP contribution in [0.5, 0.6) is 0 Å². The number of piperidine rings is 1. The number of nitrogens with zero attached hydrogens (tertiary/aromatic N) is 1. The van der Waals surface area contributed by atoms with E-state index in [2.05, 4.69) is 19.2 Å². The van der Waals surface area contributed by atoms with Gasteiger partial charge < -0.3 is 15.0 Å². The molecule has 5 heteroatoms. The molecule has 122 valence electrons. The first-order chi connectivity index (χ1) is 9.73. The van der Waals surface area contributed by atoms with Gasteiger partial charge in [0.1, 0.15) is 5.60 Å². The lowest BCUT2D eigenvalue weighted by atomic mass is 9.97. The van der Waals surface area contributed by atoms with E-state index in [1.54, 1.807) is 4.90 Å². The molecule has 1 N–H and O–H groups in total. The van der Waals surface area contributed by atoms with Crippen LogP contribution in [0.25, 0.3) is 0 Å². The molecule has 21 heavy (non-hydrogen) atoms. The molecule has 1 fully saturated rings. The summed E-state index contributed by atoms with van der Waals surface area (Å²) in [6.45, 7) is 11.6. The number of rotatable bonds is 4. The van der Waals surface area contributed by atoms with Crippen LogP contribution in [0.3, 0.4) is 0 Å². The molecule has 0 radical (unpaired) electrons. The quantitative estimate of drug-likeness (QED) is 0.868. The van der Waals surface area contributed by atoms with Crippen molar-refractivity contribution in [3.8, 4) is 0 Å². The highest BCUT2D eigenvalue weighted by Crippen LogP contribution is 2.19. The van der Waals surface area contributed by atoms with Gasteiger partial charge in [0.2, 0.25) is 5.91 Å². The fraction of sp³-hybridized carbons (Fsp3) is 0.875. The molecule has 2 atom stereocenters. The van der Waals surface area contributed by atoms with Gasteiger partial charge in [0.15, 0.2) is 0 Å². The van der Waals surface area contributed by atoms with Gasteiger partial charge in [-0.2, -0.15) is 0 Å². The minimum absolute atomic E-state index is 0.0589. The van der Waals surface area contributed by atoms with Crippen LogP contribution in [0.4, 0.5) is 4.79 Å². The third-order valence-corrected chi connectivity index (χ3v) is 3.77. The average Bonchev–Trinajstić information content (AvgIpc) is 2.42. The second-order valence-electron chi connectivity index (χ2n) is 7.02. The summed E-state index contributed by atoms with van der Waals surface area (Å²) < 4.78 is 5.38. The van der Waals surface area contributed by atoms with Crippen molar-refractivity contribution in [3.63, 3.8) is 0 Å². The lowest BCUT2D eigenvalue weighted by Crippen LogP contribution is -2.47. The number of nitrogens with one attached hydrogen (secondary N) is 1. The molecule has 2 unspecified atom stereocenters. The van der Waals surface area contributed by atoms with Crippen molar-refractivity contribution in [2.45, 2.75) is 59.5 Å². The van der Waals surface area contributed by atoms with Crippen molar-refractivity contribution in [3.05, 3.63) is 0 Å². The fourth-order valence-electron chi connectivity index (χ4n) is 2.25. The van der Waals surface area contributed by atoms with Crippen molar-refractivity contribution < 1.29 is 14.3 Å². The SMILES string of the molecule is CCC(C)CNC(=O)C1CCCN(C(=O)OC(C)(C)C)C1. The van der Waals surface area contributed by atoms with Crippen LogP contribution >= 0.6 is 0 Å². The minimum Gasteiger partial charge on any atom is -0.444 e. The Kier molecular flexibility index (Phi) is 6.49. The second kappa shape index (κ2) is 7.66. The molecule has 1 aliphatic heterocycles. The van der Waals surface area contributed by atoms with Gasteiger partial charge in [0.05, 0.1) is 5.92 Å². The van der Waals surface area contributed by atoms with E-state index in [4.69, 9.17) is 4.74 Å². The van der Waals surface area contributed by atoms with Gasteiger partial charge in [-0.3, -0.25) is 4.79 Å². The van der Waals surface area contributed by atoms with Crippen LogP contribution in [0.15, 0.2) is 0 Å². The molecule has 0 bridgehead atoms. The van der Waals surface area contributed by atoms with Crippen molar-refractivity contribution >= 4 is 12.0 Å². The Morgan fingerprint density at radius 3 is 2.62 bits per heavy atom. The van der Waals surface area contributed by atoms with Crippen LogP contribution in [0.2, 0.25) is 0 Å². The number of ether oxygens (including phenoxy) is 1. The molecule has 1 aliphatic rings. The maximum atomic E-state index is 12.2. The summed E-state index contributed by atoms with van der Waals surface area (Å²) in [5.74, 6) is 0.429. The third-order valence-electron chi connectivity index (χ3n) is 3.77. The second-order valence-corrected chi connectivity index (χ2v) is 7.02. The molecule has 5 nitrogen and oxygen atoms in total. The first kappa shape index (κ1) is 17.8. The van der Waals surface area contributed by atoms with Gasteiger partial charge in [-0.25, -0.2) is 4.79 Å². The van der Waals surface area contributed by atoms with E-state index in [9.17, 15) is 9.59 Å². The molecule has 1 saturated heterocycles. The minimum atomic E-state index is -0.497. The molecule has 2 amide bonds. The van der Waals surface area contributed by atoms with E-state index in [-0.39, 0.29) is 17.9 Å². The Bertz CT molecular complexity index is 363. The molecular formula is C16H30N2O3. The van der Waals surface area contributed by atoms with E-state index in [1.807, 2.05) is 20.8 Å². The Balaban J connectivity index is 2.48. The summed E-state index contributed by atoms with van der Waals surface area (Å²) >= 11 is 0. The van der Waals surface area contributed by atoms with Gasteiger partial charge in [-0.15, -0.1) is 0 Å². The largest absolute Gasteiger partial charge is 0.444 e. The first-order valence-corrected chi connectivity index (χ1v) is 7.98. The lowest BCUT2D eigenvalue weighted by molar-refractivity contribution is -0.126. The Morgan fingerprint density at radius 1 is 1.38 bits per heavy atom. The fourth-order valence-corrected chi connectivity index (χ4v) is 2.25. The number of carbonyl (C=O) groups is 2. The number of amides is 2. The first-order valence-electron chi connectivity index (χ1n) is 7.98. The Labute approximate surface area is 128 Å². The predicted molar refractivity (Wildman–Crippen MR) is 83.0 cm³/mol. The van der Waals surface area contributed by atoms with Crippen molar-refractivity contribution in [2.75, 3.05) is 19.6 Å². The lowest BCUT2D eigenvalue weighted by Gasteiger charge is -2.33. The standard InChI is InChI=1S/C16H30N2O3/c1-6-12(2)10-17-14(19)13-8-7-9-18(11-13)15(20)21-16(3,4)5/h12-13H,6-11H2,1-5H3,(H,17,19). The van der Waals surface area contributed by atoms with E-state index >= 15 is 0 Å². The molecule has 0 aromatic carbocycles. The zero-order valence-corrected chi connectivity index (χ0v) is 14.1. The molecular weight excluding hydrogens is 268 g/mol. The number of hydrogen-bond donors (Lipinski definition) is 1. The Hall–Kier alpha value is -1.26. The van der Waals surface area contributed by atoms with Crippen LogP contribution in [0, 0.1) is 11.8 Å². The van der Waals surface area contributed by atoms with E-state index in [0.717, 1.165) is 19.3 Å². The monoisotopic (exact) mass is 298 g/mol. The predicted octanol–water partition coefficient (Wildman–Crippen LogP) is 2.80. The van der Waals surface area contributed by atoms with Crippen LogP contribution in [-0.4, -0.2) is 42.1 Å². The number of likely N-dealkylation sites (tertiary alicyclic amines) is 1. The molecule has 0 saturated carbocycles. The summed E-state index contributed by atoms with van der Waals surface area (Å²) in [5, 5.41) is 2.99. The highest BCUT2D eigenvalue weighted by atomic mass is 16.6. The Morgan fingerprint density at radius 2 is 2.05 bits per heavy atom. The molecule has 1 heterocycles. The van der Waals surface area contributed by atoms with Gasteiger partial charge >= 0.3 is 6.09 Å². The average molecular weight is 298 g/mol. The molecule has 1 rings (SSSR count). The van der Waals surface area contributed by atoms with E-state index in [0.29, 0.717) is 25.6 Å². The summed E-state index contributed by atoms with van der Waals surface area (Å²) in [6.07, 6.45) is 2.42. The normalized spacial score (nSPS) is 20.8. The van der Waals surface area contributed by atoms with Gasteiger partial charge in [-0.05, 0) is 39.5 Å². The van der Waals surface area contributed by atoms with Crippen molar-refractivity contribution in [1.82, 2.24) is 10.2 Å². The number of carbonyl (C=O) groups excluding carboxylic acids is 2. The maximum Gasteiger partial charge on any atom is 0.410 e. The summed E-state index contributed by atoms with van der Waals surface area (Å²) in [7, 11) is 0. The summed E-state index contributed by atoms with van der Waals surface area (Å²) in [5.41, 5.74) is -0.497. The third kappa shape index (κ3) is 6.36. The molecule has 0 aliphatic carbocycles. The highest BCUT2D eigenvalue weighted by Gasteiger charge is 2.30.